The van der Waals surface area contributed by atoms with Crippen molar-refractivity contribution in [1.29, 1.82) is 0 Å². The van der Waals surface area contributed by atoms with E-state index < -0.39 is 38.7 Å². The fraction of sp³-hybridized carbons (Fsp3) is 0.867. The molecule has 4 rings (SSSR count). The quantitative estimate of drug-likeness (QED) is 0.251. The fourth-order valence-corrected chi connectivity index (χ4v) is 8.73. The van der Waals surface area contributed by atoms with Crippen LogP contribution in [0, 0.1) is 16.7 Å². The maximum Gasteiger partial charge on any atom is 0.192 e. The zero-order chi connectivity index (χ0) is 27.8. The van der Waals surface area contributed by atoms with Crippen molar-refractivity contribution in [2.75, 3.05) is 26.4 Å². The second-order valence-electron chi connectivity index (χ2n) is 15.4. The number of hydrogen-bond acceptors (Lipinski definition) is 5. The Morgan fingerprint density at radius 1 is 0.892 bits per heavy atom. The lowest BCUT2D eigenvalue weighted by atomic mass is 9.42. The first-order valence-corrected chi connectivity index (χ1v) is 20.3. The highest BCUT2D eigenvalue weighted by Crippen LogP contribution is 2.73. The molecule has 6 atom stereocenters. The van der Waals surface area contributed by atoms with Crippen LogP contribution in [0.15, 0.2) is 24.3 Å². The van der Waals surface area contributed by atoms with Crippen LogP contribution < -0.4 is 0 Å². The van der Waals surface area contributed by atoms with Gasteiger partial charge in [-0.25, -0.2) is 0 Å². The summed E-state index contributed by atoms with van der Waals surface area (Å²) in [6.07, 6.45) is 12.0. The van der Waals surface area contributed by atoms with Crippen molar-refractivity contribution in [2.24, 2.45) is 16.7 Å². The average molecular weight is 551 g/mol. The van der Waals surface area contributed by atoms with Gasteiger partial charge in [0.1, 0.15) is 11.2 Å². The number of rotatable bonds is 9. The number of hydrogen-bond donors (Lipinski definition) is 1. The molecule has 2 bridgehead atoms. The van der Waals surface area contributed by atoms with Gasteiger partial charge in [-0.05, 0) is 42.7 Å². The van der Waals surface area contributed by atoms with Crippen LogP contribution in [0.3, 0.4) is 0 Å². The summed E-state index contributed by atoms with van der Waals surface area (Å²) >= 11 is 0. The molecule has 0 aromatic carbocycles. The SMILES string of the molecule is CCCC[C@@H]1C=C[C@]2(CO[Si](C)(C)C(C)(C)C)[C@H]3C=C[C@]4(COC[C@]1(O)[C@@]42CO[Si](C)(C)C(C)(C)C)O3. The third-order valence-electron chi connectivity index (χ3n) is 11.3. The lowest BCUT2D eigenvalue weighted by molar-refractivity contribution is -0.283. The maximum absolute atomic E-state index is 13.0. The highest BCUT2D eigenvalue weighted by molar-refractivity contribution is 6.74. The van der Waals surface area contributed by atoms with E-state index in [9.17, 15) is 5.11 Å². The van der Waals surface area contributed by atoms with Crippen molar-refractivity contribution in [1.82, 2.24) is 0 Å². The summed E-state index contributed by atoms with van der Waals surface area (Å²) in [5, 5.41) is 13.1. The van der Waals surface area contributed by atoms with Crippen molar-refractivity contribution in [3.05, 3.63) is 24.3 Å². The Morgan fingerprint density at radius 2 is 1.49 bits per heavy atom. The summed E-state index contributed by atoms with van der Waals surface area (Å²) in [6, 6.07) is 0. The highest BCUT2D eigenvalue weighted by Gasteiger charge is 2.83. The molecule has 7 heteroatoms. The molecule has 2 saturated heterocycles. The second kappa shape index (κ2) is 9.11. The maximum atomic E-state index is 13.0. The van der Waals surface area contributed by atoms with Gasteiger partial charge in [-0.3, -0.25) is 0 Å². The average Bonchev–Trinajstić information content (AvgIpc) is 3.29. The largest absolute Gasteiger partial charge is 0.416 e. The Morgan fingerprint density at radius 3 is 2.05 bits per heavy atom. The Labute approximate surface area is 228 Å². The molecular weight excluding hydrogens is 496 g/mol. The van der Waals surface area contributed by atoms with Crippen LogP contribution in [0.4, 0.5) is 0 Å². The molecule has 4 aliphatic rings. The van der Waals surface area contributed by atoms with Gasteiger partial charge in [0.15, 0.2) is 16.6 Å². The number of ether oxygens (including phenoxy) is 2. The summed E-state index contributed by atoms with van der Waals surface area (Å²) in [5.41, 5.74) is -3.02. The summed E-state index contributed by atoms with van der Waals surface area (Å²) in [4.78, 5) is 0. The molecule has 1 N–H and O–H groups in total. The monoisotopic (exact) mass is 550 g/mol. The van der Waals surface area contributed by atoms with Gasteiger partial charge in [0, 0.05) is 19.1 Å². The van der Waals surface area contributed by atoms with Crippen LogP contribution in [0.5, 0.6) is 0 Å². The number of aliphatic hydroxyl groups is 1. The standard InChI is InChI=1S/C30H54O5Si2/c1-12-13-14-23-15-17-27(19-33-36(8,9)25(2,3)4)24-16-18-28(35-24)20-32-21-29(23,31)30(27,28)22-34-37(10,11)26(5,6)7/h15-18,23-24,31H,12-14,19-22H2,1-11H3/t23-,24-,27+,28-,29-,30-/m1/s1. The topological polar surface area (TPSA) is 57.2 Å². The minimum absolute atomic E-state index is 0.00927. The molecule has 0 radical (unpaired) electrons. The molecule has 212 valence electrons. The normalized spacial score (nSPS) is 39.4. The molecule has 3 heterocycles. The Kier molecular flexibility index (Phi) is 7.31. The second-order valence-corrected chi connectivity index (χ2v) is 25.0. The predicted molar refractivity (Wildman–Crippen MR) is 156 cm³/mol. The van der Waals surface area contributed by atoms with Crippen LogP contribution in [0.25, 0.3) is 0 Å². The van der Waals surface area contributed by atoms with E-state index in [0.717, 1.165) is 19.3 Å². The Hall–Kier alpha value is -0.286. The molecule has 3 aliphatic heterocycles. The molecule has 0 saturated carbocycles. The first-order chi connectivity index (χ1) is 16.8. The molecule has 2 fully saturated rings. The van der Waals surface area contributed by atoms with Gasteiger partial charge < -0.3 is 23.4 Å². The van der Waals surface area contributed by atoms with Gasteiger partial charge in [-0.1, -0.05) is 85.6 Å². The van der Waals surface area contributed by atoms with E-state index in [-0.39, 0.29) is 22.1 Å². The Bertz CT molecular complexity index is 931. The molecule has 0 unspecified atom stereocenters. The lowest BCUT2D eigenvalue weighted by Crippen LogP contribution is -2.78. The molecule has 1 spiro atoms. The molecule has 5 nitrogen and oxygen atoms in total. The molecular formula is C30H54O5Si2. The summed E-state index contributed by atoms with van der Waals surface area (Å²) in [6.45, 7) is 26.9. The van der Waals surface area contributed by atoms with Gasteiger partial charge >= 0.3 is 0 Å². The molecule has 1 aliphatic carbocycles. The van der Waals surface area contributed by atoms with Crippen LogP contribution >= 0.6 is 0 Å². The molecule has 0 amide bonds. The smallest absolute Gasteiger partial charge is 0.192 e. The van der Waals surface area contributed by atoms with Crippen LogP contribution in [-0.4, -0.2) is 65.5 Å². The first kappa shape index (κ1) is 29.7. The van der Waals surface area contributed by atoms with Gasteiger partial charge in [-0.2, -0.15) is 0 Å². The minimum atomic E-state index is -2.12. The fourth-order valence-electron chi connectivity index (χ4n) is 6.68. The van der Waals surface area contributed by atoms with Crippen molar-refractivity contribution >= 4 is 16.6 Å². The van der Waals surface area contributed by atoms with Crippen molar-refractivity contribution in [3.8, 4) is 0 Å². The highest BCUT2D eigenvalue weighted by atomic mass is 28.4. The van der Waals surface area contributed by atoms with E-state index in [1.54, 1.807) is 0 Å². The molecule has 0 aromatic heterocycles. The number of fused-ring (bicyclic) bond motifs is 2. The van der Waals surface area contributed by atoms with Crippen LogP contribution in [0.2, 0.25) is 36.3 Å². The zero-order valence-corrected chi connectivity index (χ0v) is 27.5. The Balaban J connectivity index is 1.88. The number of unbranched alkanes of at least 4 members (excludes halogenated alkanes) is 1. The van der Waals surface area contributed by atoms with Crippen molar-refractivity contribution in [3.63, 3.8) is 0 Å². The van der Waals surface area contributed by atoms with E-state index in [1.165, 1.54) is 0 Å². The third kappa shape index (κ3) is 4.08. The zero-order valence-electron chi connectivity index (χ0n) is 25.5. The van der Waals surface area contributed by atoms with Gasteiger partial charge in [0.2, 0.25) is 0 Å². The minimum Gasteiger partial charge on any atom is -0.416 e. The lowest BCUT2D eigenvalue weighted by Gasteiger charge is -2.66. The van der Waals surface area contributed by atoms with Crippen LogP contribution in [-0.2, 0) is 18.3 Å². The van der Waals surface area contributed by atoms with Crippen LogP contribution in [0.1, 0.15) is 67.7 Å². The van der Waals surface area contributed by atoms with Crippen molar-refractivity contribution in [2.45, 2.75) is 121 Å². The summed E-state index contributed by atoms with van der Waals surface area (Å²) in [5.74, 6) is -0.00927. The van der Waals surface area contributed by atoms with Gasteiger partial charge in [0.25, 0.3) is 0 Å². The van der Waals surface area contributed by atoms with E-state index >= 15 is 0 Å². The van der Waals surface area contributed by atoms with Gasteiger partial charge in [-0.15, -0.1) is 0 Å². The van der Waals surface area contributed by atoms with E-state index in [2.05, 4.69) is 99.0 Å². The third-order valence-corrected chi connectivity index (χ3v) is 20.3. The van der Waals surface area contributed by atoms with E-state index in [0.29, 0.717) is 26.4 Å². The summed E-state index contributed by atoms with van der Waals surface area (Å²) in [7, 11) is -4.19. The first-order valence-electron chi connectivity index (χ1n) is 14.5. The molecule has 37 heavy (non-hydrogen) atoms. The molecule has 0 aromatic rings. The van der Waals surface area contributed by atoms with E-state index in [4.69, 9.17) is 18.3 Å². The predicted octanol–water partition coefficient (Wildman–Crippen LogP) is 6.85. The van der Waals surface area contributed by atoms with Gasteiger partial charge in [0.05, 0.1) is 30.1 Å². The van der Waals surface area contributed by atoms with E-state index in [1.807, 2.05) is 0 Å². The summed E-state index contributed by atoms with van der Waals surface area (Å²) < 4.78 is 27.3. The van der Waals surface area contributed by atoms with Crippen molar-refractivity contribution < 1.29 is 23.4 Å².